The van der Waals surface area contributed by atoms with Crippen LogP contribution in [-0.2, 0) is 19.0 Å². The molecular formula is C24H27NO8. The van der Waals surface area contributed by atoms with Crippen LogP contribution >= 0.6 is 0 Å². The normalized spacial score (nSPS) is 35.9. The molecule has 0 saturated carbocycles. The number of aromatic hydroxyl groups is 1. The third-order valence-electron chi connectivity index (χ3n) is 7.21. The first-order valence-electron chi connectivity index (χ1n) is 11.1. The summed E-state index contributed by atoms with van der Waals surface area (Å²) in [5.41, 5.74) is 0.643. The monoisotopic (exact) mass is 457 g/mol. The molecule has 9 nitrogen and oxygen atoms in total. The third-order valence-corrected chi connectivity index (χ3v) is 7.21. The zero-order valence-electron chi connectivity index (χ0n) is 18.9. The molecule has 0 bridgehead atoms. The molecule has 2 saturated heterocycles. The van der Waals surface area contributed by atoms with Gasteiger partial charge in [-0.05, 0) is 40.4 Å². The molecule has 0 radical (unpaired) electrons. The Morgan fingerprint density at radius 2 is 1.76 bits per heavy atom. The number of likely N-dealkylation sites (N-methyl/N-ethyl adjacent to an activating group) is 1. The lowest BCUT2D eigenvalue weighted by Gasteiger charge is -2.41. The fourth-order valence-electron chi connectivity index (χ4n) is 5.51. The maximum atomic E-state index is 13.5. The van der Waals surface area contributed by atoms with Gasteiger partial charge in [-0.2, -0.15) is 0 Å². The van der Waals surface area contributed by atoms with Crippen molar-refractivity contribution >= 4 is 17.5 Å². The molecule has 3 heterocycles. The molecule has 7 atom stereocenters. The summed E-state index contributed by atoms with van der Waals surface area (Å²) < 4.78 is 17.1. The van der Waals surface area contributed by atoms with Crippen LogP contribution in [0.4, 0.5) is 0 Å². The highest BCUT2D eigenvalue weighted by Crippen LogP contribution is 2.45. The van der Waals surface area contributed by atoms with Gasteiger partial charge in [-0.25, -0.2) is 0 Å². The van der Waals surface area contributed by atoms with E-state index in [2.05, 4.69) is 0 Å². The van der Waals surface area contributed by atoms with Gasteiger partial charge in [-0.3, -0.25) is 14.4 Å². The summed E-state index contributed by atoms with van der Waals surface area (Å²) in [5.74, 6) is -1.74. The molecular weight excluding hydrogens is 430 g/mol. The van der Waals surface area contributed by atoms with E-state index in [0.29, 0.717) is 12.0 Å². The van der Waals surface area contributed by atoms with Crippen LogP contribution in [0.2, 0.25) is 0 Å². The number of nitrogens with zero attached hydrogens (tertiary/aromatic N) is 1. The zero-order valence-corrected chi connectivity index (χ0v) is 18.9. The van der Waals surface area contributed by atoms with Crippen LogP contribution in [0.1, 0.15) is 59.1 Å². The summed E-state index contributed by atoms with van der Waals surface area (Å²) in [5, 5.41) is 21.7. The number of ether oxygens (including phenoxy) is 3. The molecule has 176 valence electrons. The van der Waals surface area contributed by atoms with Crippen LogP contribution in [0.25, 0.3) is 0 Å². The van der Waals surface area contributed by atoms with Gasteiger partial charge in [0.2, 0.25) is 0 Å². The Balaban J connectivity index is 1.57. The van der Waals surface area contributed by atoms with Gasteiger partial charge in [0.1, 0.15) is 11.9 Å². The number of benzene rings is 1. The van der Waals surface area contributed by atoms with E-state index < -0.39 is 54.2 Å². The highest BCUT2D eigenvalue weighted by molar-refractivity contribution is 6.29. The molecule has 0 spiro atoms. The van der Waals surface area contributed by atoms with Gasteiger partial charge in [0.05, 0.1) is 42.0 Å². The Hall–Kier alpha value is -2.59. The number of aliphatic hydroxyl groups excluding tert-OH is 1. The Labute approximate surface area is 190 Å². The van der Waals surface area contributed by atoms with Crippen molar-refractivity contribution in [1.29, 1.82) is 0 Å². The minimum Gasteiger partial charge on any atom is -0.507 e. The van der Waals surface area contributed by atoms with Gasteiger partial charge < -0.3 is 29.3 Å². The van der Waals surface area contributed by atoms with Crippen molar-refractivity contribution in [2.75, 3.05) is 14.1 Å². The van der Waals surface area contributed by atoms with Crippen LogP contribution in [0, 0.1) is 0 Å². The van der Waals surface area contributed by atoms with E-state index in [4.69, 9.17) is 14.2 Å². The summed E-state index contributed by atoms with van der Waals surface area (Å²) in [6, 6.07) is 2.90. The maximum absolute atomic E-state index is 13.5. The van der Waals surface area contributed by atoms with E-state index in [1.165, 1.54) is 6.07 Å². The van der Waals surface area contributed by atoms with Crippen LogP contribution in [-0.4, -0.2) is 83.3 Å². The first-order chi connectivity index (χ1) is 15.6. The summed E-state index contributed by atoms with van der Waals surface area (Å²) in [6.07, 6.45) is -3.57. The maximum Gasteiger partial charge on any atom is 0.309 e. The molecule has 9 heteroatoms. The van der Waals surface area contributed by atoms with Crippen LogP contribution < -0.4 is 0 Å². The lowest BCUT2D eigenvalue weighted by atomic mass is 9.76. The first-order valence-corrected chi connectivity index (χ1v) is 11.1. The Kier molecular flexibility index (Phi) is 5.20. The van der Waals surface area contributed by atoms with Crippen LogP contribution in [0.15, 0.2) is 23.3 Å². The fourth-order valence-corrected chi connectivity index (χ4v) is 5.51. The Bertz CT molecular complexity index is 1090. The number of esters is 1. The van der Waals surface area contributed by atoms with E-state index in [-0.39, 0.29) is 40.5 Å². The number of carbonyl (C=O) groups is 3. The number of phenolic OH excluding ortho intramolecular Hbond substituents is 1. The number of Topliss-reactive ketones (excluding diaryl/α,β-unsaturated/α-hetero) is 2. The van der Waals surface area contributed by atoms with E-state index in [0.717, 1.165) is 0 Å². The molecule has 4 aliphatic rings. The second kappa shape index (κ2) is 7.73. The Morgan fingerprint density at radius 3 is 2.45 bits per heavy atom. The van der Waals surface area contributed by atoms with Gasteiger partial charge in [0.25, 0.3) is 0 Å². The number of hydrogen-bond donors (Lipinski definition) is 2. The van der Waals surface area contributed by atoms with Gasteiger partial charge in [-0.1, -0.05) is 6.07 Å². The summed E-state index contributed by atoms with van der Waals surface area (Å²) in [4.78, 5) is 40.7. The average molecular weight is 457 g/mol. The second-order valence-electron chi connectivity index (χ2n) is 9.43. The standard InChI is InChI=1S/C24H27NO8/c1-9-17-19(24-15(31-9)8-16(26)33-24)22(29)12-6-5-11(21(28)18(12)23(17)30)14-7-13(25(3)4)20(27)10(2)32-14/h5-6,9-10,13-15,20,24,27-28H,7-8H2,1-4H3/t9-,10-,13-,14-,15-,20-,24+/m1/s1. The van der Waals surface area contributed by atoms with E-state index >= 15 is 0 Å². The lowest BCUT2D eigenvalue weighted by molar-refractivity contribution is -0.142. The molecule has 0 amide bonds. The van der Waals surface area contributed by atoms with Gasteiger partial charge >= 0.3 is 5.97 Å². The summed E-state index contributed by atoms with van der Waals surface area (Å²) in [6.45, 7) is 3.41. The molecule has 0 aromatic heterocycles. The van der Waals surface area contributed by atoms with Crippen molar-refractivity contribution in [1.82, 2.24) is 4.90 Å². The van der Waals surface area contributed by atoms with Gasteiger partial charge in [0.15, 0.2) is 17.7 Å². The highest BCUT2D eigenvalue weighted by atomic mass is 16.6. The zero-order chi connectivity index (χ0) is 23.8. The average Bonchev–Trinajstić information content (AvgIpc) is 3.12. The predicted molar refractivity (Wildman–Crippen MR) is 114 cm³/mol. The topological polar surface area (TPSA) is 123 Å². The number of aliphatic hydroxyl groups is 1. The van der Waals surface area contributed by atoms with Crippen molar-refractivity contribution in [2.24, 2.45) is 0 Å². The van der Waals surface area contributed by atoms with Gasteiger partial charge in [0, 0.05) is 22.7 Å². The molecule has 1 aromatic rings. The van der Waals surface area contributed by atoms with Crippen molar-refractivity contribution < 1.29 is 38.8 Å². The highest BCUT2D eigenvalue weighted by Gasteiger charge is 2.51. The van der Waals surface area contributed by atoms with E-state index in [1.54, 1.807) is 19.9 Å². The number of rotatable bonds is 2. The summed E-state index contributed by atoms with van der Waals surface area (Å²) >= 11 is 0. The van der Waals surface area contributed by atoms with Crippen molar-refractivity contribution in [3.63, 3.8) is 0 Å². The number of hydrogen-bond acceptors (Lipinski definition) is 9. The van der Waals surface area contributed by atoms with Crippen LogP contribution in [0.5, 0.6) is 5.75 Å². The number of ketones is 2. The number of phenols is 1. The molecule has 33 heavy (non-hydrogen) atoms. The van der Waals surface area contributed by atoms with Crippen molar-refractivity contribution in [3.8, 4) is 5.75 Å². The van der Waals surface area contributed by atoms with Crippen LogP contribution in [0.3, 0.4) is 0 Å². The smallest absolute Gasteiger partial charge is 0.309 e. The summed E-state index contributed by atoms with van der Waals surface area (Å²) in [7, 11) is 3.72. The number of fused-ring (bicyclic) bond motifs is 3. The minimum atomic E-state index is -0.917. The predicted octanol–water partition coefficient (Wildman–Crippen LogP) is 1.31. The molecule has 1 aromatic carbocycles. The second-order valence-corrected chi connectivity index (χ2v) is 9.43. The molecule has 0 unspecified atom stereocenters. The lowest BCUT2D eigenvalue weighted by Crippen LogP contribution is -2.50. The SMILES string of the molecule is C[C@H]1O[C@@H]2CC(=O)O[C@@H]2C2=C1C(=O)c1c(ccc([C@H]3C[C@@H](N(C)C)[C@H](O)[C@@H](C)O3)c1O)C2=O. The van der Waals surface area contributed by atoms with E-state index in [1.807, 2.05) is 19.0 Å². The fraction of sp³-hybridized carbons (Fsp3) is 0.542. The molecule has 2 N–H and O–H groups in total. The Morgan fingerprint density at radius 1 is 1.03 bits per heavy atom. The molecule has 2 fully saturated rings. The first kappa shape index (κ1) is 22.2. The third kappa shape index (κ3) is 3.25. The minimum absolute atomic E-state index is 0.0282. The van der Waals surface area contributed by atoms with Crippen molar-refractivity contribution in [2.45, 2.75) is 69.4 Å². The van der Waals surface area contributed by atoms with Gasteiger partial charge in [-0.15, -0.1) is 0 Å². The molecule has 5 rings (SSSR count). The number of carbonyl (C=O) groups excluding carboxylic acids is 3. The quantitative estimate of drug-likeness (QED) is 0.633. The molecule has 3 aliphatic heterocycles. The van der Waals surface area contributed by atoms with Crippen molar-refractivity contribution in [3.05, 3.63) is 40.0 Å². The van der Waals surface area contributed by atoms with E-state index in [9.17, 15) is 24.6 Å². The molecule has 1 aliphatic carbocycles. The largest absolute Gasteiger partial charge is 0.507 e.